The maximum absolute atomic E-state index is 10.9. The van der Waals surface area contributed by atoms with Crippen LogP contribution in [0.5, 0.6) is 0 Å². The first kappa shape index (κ1) is 20.6. The molecule has 0 heterocycles. The van der Waals surface area contributed by atoms with Gasteiger partial charge in [0.25, 0.3) is 10.1 Å². The van der Waals surface area contributed by atoms with E-state index in [1.54, 1.807) is 0 Å². The van der Waals surface area contributed by atoms with Gasteiger partial charge in [0, 0.05) is 0 Å². The van der Waals surface area contributed by atoms with E-state index in [4.69, 9.17) is 4.55 Å². The molecular formula is C8H6Na2O7S. The van der Waals surface area contributed by atoms with Crippen molar-refractivity contribution in [2.45, 2.75) is 11.2 Å². The van der Waals surface area contributed by atoms with Crippen LogP contribution in [0.25, 0.3) is 0 Å². The molecule has 0 spiro atoms. The largest absolute Gasteiger partial charge is 1.00 e. The average Bonchev–Trinajstić information content (AvgIpc) is 2.15. The molecule has 1 unspecified atom stereocenters. The number of hydrogen-bond acceptors (Lipinski definition) is 6. The van der Waals surface area contributed by atoms with Crippen molar-refractivity contribution in [2.24, 2.45) is 0 Å². The van der Waals surface area contributed by atoms with Crippen molar-refractivity contribution in [3.8, 4) is 0 Å². The second-order valence-corrected chi connectivity index (χ2v) is 4.82. The standard InChI is InChI=1S/C8H8O7S.2Na/c9-6(10)5-1-3-8(4-2-5,7(11)12)16(13,14)15;;/h1-3H,4H2,(H,9,10)(H,11,12)(H,13,14,15);;/q;2*+1/p-2. The third kappa shape index (κ3) is 3.91. The SMILES string of the molecule is O=C([O-])C1=CCC(C(=O)[O-])(S(=O)(=O)O)C=C1.[Na+].[Na+]. The average molecular weight is 292 g/mol. The summed E-state index contributed by atoms with van der Waals surface area (Å²) in [5.41, 5.74) is -0.361. The van der Waals surface area contributed by atoms with Crippen LogP contribution in [-0.4, -0.2) is 29.7 Å². The zero-order valence-corrected chi connectivity index (χ0v) is 14.6. The fourth-order valence-corrected chi connectivity index (χ4v) is 1.97. The van der Waals surface area contributed by atoms with Crippen LogP contribution in [0.4, 0.5) is 0 Å². The Morgan fingerprint density at radius 1 is 1.28 bits per heavy atom. The molecule has 0 saturated carbocycles. The van der Waals surface area contributed by atoms with Crippen molar-refractivity contribution >= 4 is 22.1 Å². The number of rotatable bonds is 3. The molecule has 88 valence electrons. The van der Waals surface area contributed by atoms with Crippen LogP contribution in [0.3, 0.4) is 0 Å². The number of allylic oxidation sites excluding steroid dienone is 1. The summed E-state index contributed by atoms with van der Waals surface area (Å²) in [6.45, 7) is 0. The molecule has 0 saturated heterocycles. The smallest absolute Gasteiger partial charge is 0.548 e. The Hall–Kier alpha value is 0.330. The predicted octanol–water partition coefficient (Wildman–Crippen LogP) is -8.99. The van der Waals surface area contributed by atoms with Gasteiger partial charge < -0.3 is 19.8 Å². The molecule has 1 aliphatic carbocycles. The van der Waals surface area contributed by atoms with Crippen molar-refractivity contribution < 1.29 is 91.9 Å². The van der Waals surface area contributed by atoms with Crippen molar-refractivity contribution in [1.82, 2.24) is 0 Å². The molecule has 0 radical (unpaired) electrons. The van der Waals surface area contributed by atoms with Gasteiger partial charge in [-0.1, -0.05) is 18.2 Å². The van der Waals surface area contributed by atoms with E-state index in [1.165, 1.54) is 0 Å². The molecule has 1 aliphatic rings. The van der Waals surface area contributed by atoms with Crippen LogP contribution in [0.15, 0.2) is 23.8 Å². The molecule has 0 amide bonds. The summed E-state index contributed by atoms with van der Waals surface area (Å²) in [5.74, 6) is -3.60. The van der Waals surface area contributed by atoms with E-state index >= 15 is 0 Å². The third-order valence-electron chi connectivity index (χ3n) is 2.20. The number of aliphatic carboxylic acids is 2. The molecule has 10 heteroatoms. The van der Waals surface area contributed by atoms with Crippen LogP contribution in [-0.2, 0) is 19.7 Å². The monoisotopic (exact) mass is 292 g/mol. The van der Waals surface area contributed by atoms with Crippen molar-refractivity contribution in [3.63, 3.8) is 0 Å². The molecule has 0 fully saturated rings. The van der Waals surface area contributed by atoms with Gasteiger partial charge in [0.1, 0.15) is 0 Å². The minimum Gasteiger partial charge on any atom is -0.548 e. The molecule has 0 aromatic heterocycles. The van der Waals surface area contributed by atoms with Crippen molar-refractivity contribution in [3.05, 3.63) is 23.8 Å². The van der Waals surface area contributed by atoms with Gasteiger partial charge in [-0.25, -0.2) is 0 Å². The zero-order chi connectivity index (χ0) is 12.6. The van der Waals surface area contributed by atoms with Gasteiger partial charge in [-0.15, -0.1) is 0 Å². The fraction of sp³-hybridized carbons (Fsp3) is 0.250. The maximum atomic E-state index is 10.9. The first-order valence-corrected chi connectivity index (χ1v) is 5.44. The Bertz CT molecular complexity index is 508. The molecule has 1 N–H and O–H groups in total. The van der Waals surface area contributed by atoms with Crippen LogP contribution in [0, 0.1) is 0 Å². The van der Waals surface area contributed by atoms with Gasteiger partial charge >= 0.3 is 59.1 Å². The molecular weight excluding hydrogens is 286 g/mol. The first-order chi connectivity index (χ1) is 7.21. The molecule has 1 rings (SSSR count). The second-order valence-electron chi connectivity index (χ2n) is 3.14. The van der Waals surface area contributed by atoms with Gasteiger partial charge in [-0.2, -0.15) is 8.42 Å². The van der Waals surface area contributed by atoms with Crippen molar-refractivity contribution in [1.29, 1.82) is 0 Å². The van der Waals surface area contributed by atoms with Gasteiger partial charge in [-0.05, 0) is 12.0 Å². The Morgan fingerprint density at radius 2 is 1.78 bits per heavy atom. The van der Waals surface area contributed by atoms with Gasteiger partial charge in [-0.3, -0.25) is 4.55 Å². The summed E-state index contributed by atoms with van der Waals surface area (Å²) in [4.78, 5) is 21.1. The fourth-order valence-electron chi connectivity index (χ4n) is 1.22. The van der Waals surface area contributed by atoms with Crippen LogP contribution < -0.4 is 69.3 Å². The normalized spacial score (nSPS) is 22.2. The molecule has 7 nitrogen and oxygen atoms in total. The van der Waals surface area contributed by atoms with Crippen molar-refractivity contribution in [2.75, 3.05) is 0 Å². The quantitative estimate of drug-likeness (QED) is 0.403. The van der Waals surface area contributed by atoms with E-state index in [0.29, 0.717) is 6.08 Å². The Labute approximate surface area is 147 Å². The summed E-state index contributed by atoms with van der Waals surface area (Å²) in [6.07, 6.45) is 1.40. The third-order valence-corrected chi connectivity index (χ3v) is 3.59. The van der Waals surface area contributed by atoms with E-state index in [-0.39, 0.29) is 64.7 Å². The molecule has 0 bridgehead atoms. The maximum Gasteiger partial charge on any atom is 1.00 e. The predicted molar refractivity (Wildman–Crippen MR) is 46.1 cm³/mol. The summed E-state index contributed by atoms with van der Waals surface area (Å²) in [6, 6.07) is 0. The molecule has 0 aromatic carbocycles. The topological polar surface area (TPSA) is 135 Å². The van der Waals surface area contributed by atoms with E-state index < -0.39 is 33.2 Å². The van der Waals surface area contributed by atoms with Crippen LogP contribution >= 0.6 is 0 Å². The molecule has 0 aromatic rings. The number of carboxylic acids is 2. The summed E-state index contributed by atoms with van der Waals surface area (Å²) >= 11 is 0. The Balaban J connectivity index is 0. The van der Waals surface area contributed by atoms with E-state index in [1.807, 2.05) is 0 Å². The molecule has 0 aliphatic heterocycles. The van der Waals surface area contributed by atoms with E-state index in [0.717, 1.165) is 12.2 Å². The summed E-state index contributed by atoms with van der Waals surface area (Å²) in [5, 5.41) is 21.1. The number of hydrogen-bond donors (Lipinski definition) is 1. The Morgan fingerprint density at radius 3 is 2.00 bits per heavy atom. The molecule has 18 heavy (non-hydrogen) atoms. The van der Waals surface area contributed by atoms with Gasteiger partial charge in [0.05, 0.1) is 11.9 Å². The zero-order valence-electron chi connectivity index (χ0n) is 9.74. The summed E-state index contributed by atoms with van der Waals surface area (Å²) in [7, 11) is -4.94. The Kier molecular flexibility index (Phi) is 8.26. The van der Waals surface area contributed by atoms with Crippen LogP contribution in [0.2, 0.25) is 0 Å². The number of carbonyl (C=O) groups excluding carboxylic acids is 2. The molecule has 1 atom stereocenters. The second kappa shape index (κ2) is 7.20. The summed E-state index contributed by atoms with van der Waals surface area (Å²) < 4.78 is 28.0. The van der Waals surface area contributed by atoms with E-state index in [9.17, 15) is 28.2 Å². The van der Waals surface area contributed by atoms with Gasteiger partial charge in [0.2, 0.25) is 0 Å². The van der Waals surface area contributed by atoms with Gasteiger partial charge in [0.15, 0.2) is 4.75 Å². The van der Waals surface area contributed by atoms with E-state index in [2.05, 4.69) is 0 Å². The number of carboxylic acid groups (broad SMARTS) is 2. The van der Waals surface area contributed by atoms with Crippen LogP contribution in [0.1, 0.15) is 6.42 Å². The minimum absolute atomic E-state index is 0. The first-order valence-electron chi connectivity index (χ1n) is 4.00. The minimum atomic E-state index is -4.94. The number of carbonyl (C=O) groups is 2.